The average molecular weight is 338 g/mol. The van der Waals surface area contributed by atoms with Gasteiger partial charge in [-0.25, -0.2) is 9.97 Å². The number of hydrogen-bond acceptors (Lipinski definition) is 6. The second-order valence-corrected chi connectivity index (χ2v) is 6.52. The molecule has 6 nitrogen and oxygen atoms in total. The Hall–Kier alpha value is -2.68. The van der Waals surface area contributed by atoms with Crippen molar-refractivity contribution < 1.29 is 9.53 Å². The van der Waals surface area contributed by atoms with E-state index in [-0.39, 0.29) is 6.10 Å². The van der Waals surface area contributed by atoms with Crippen molar-refractivity contribution in [3.05, 3.63) is 30.0 Å². The molecular formula is C19H22N4O2. The SMILES string of the molecule is CC(C)OC(=O)[C@@H](C#N)c1nc2ccccc2nc1N1CCCCC1. The molecule has 0 N–H and O–H groups in total. The molecule has 1 aromatic heterocycles. The fraction of sp³-hybridized carbons (Fsp3) is 0.474. The molecule has 3 rings (SSSR count). The molecule has 1 saturated heterocycles. The number of benzene rings is 1. The first-order chi connectivity index (χ1) is 12.1. The van der Waals surface area contributed by atoms with Crippen LogP contribution in [-0.4, -0.2) is 35.1 Å². The highest BCUT2D eigenvalue weighted by Crippen LogP contribution is 2.29. The van der Waals surface area contributed by atoms with E-state index in [1.807, 2.05) is 24.3 Å². The molecule has 2 heterocycles. The minimum atomic E-state index is -1.07. The predicted molar refractivity (Wildman–Crippen MR) is 95.2 cm³/mol. The molecule has 0 spiro atoms. The molecule has 0 aliphatic carbocycles. The fourth-order valence-electron chi connectivity index (χ4n) is 3.06. The van der Waals surface area contributed by atoms with E-state index < -0.39 is 11.9 Å². The largest absolute Gasteiger partial charge is 0.462 e. The minimum absolute atomic E-state index is 0.282. The predicted octanol–water partition coefficient (Wildman–Crippen LogP) is 3.18. The van der Waals surface area contributed by atoms with Crippen molar-refractivity contribution >= 4 is 22.8 Å². The molecule has 0 amide bonds. The Labute approximate surface area is 147 Å². The molecule has 2 aromatic rings. The Morgan fingerprint density at radius 1 is 1.16 bits per heavy atom. The third-order valence-electron chi connectivity index (χ3n) is 4.22. The summed E-state index contributed by atoms with van der Waals surface area (Å²) in [5.74, 6) is -1.01. The molecule has 6 heteroatoms. The highest BCUT2D eigenvalue weighted by molar-refractivity contribution is 5.85. The Morgan fingerprint density at radius 3 is 2.40 bits per heavy atom. The van der Waals surface area contributed by atoms with Gasteiger partial charge in [0, 0.05) is 13.1 Å². The van der Waals surface area contributed by atoms with E-state index in [0.717, 1.165) is 31.4 Å². The maximum Gasteiger partial charge on any atom is 0.329 e. The van der Waals surface area contributed by atoms with E-state index in [0.29, 0.717) is 17.0 Å². The third-order valence-corrected chi connectivity index (χ3v) is 4.22. The number of para-hydroxylation sites is 2. The van der Waals surface area contributed by atoms with E-state index >= 15 is 0 Å². The van der Waals surface area contributed by atoms with E-state index in [1.54, 1.807) is 13.8 Å². The van der Waals surface area contributed by atoms with E-state index in [2.05, 4.69) is 16.0 Å². The summed E-state index contributed by atoms with van der Waals surface area (Å²) in [6, 6.07) is 9.58. The van der Waals surface area contributed by atoms with Crippen LogP contribution in [0, 0.1) is 11.3 Å². The first-order valence-electron chi connectivity index (χ1n) is 8.72. The molecule has 0 saturated carbocycles. The van der Waals surface area contributed by atoms with Gasteiger partial charge in [-0.1, -0.05) is 12.1 Å². The van der Waals surface area contributed by atoms with Crippen molar-refractivity contribution in [2.75, 3.05) is 18.0 Å². The molecular weight excluding hydrogens is 316 g/mol. The number of hydrogen-bond donors (Lipinski definition) is 0. The van der Waals surface area contributed by atoms with Crippen molar-refractivity contribution in [2.24, 2.45) is 0 Å². The smallest absolute Gasteiger partial charge is 0.329 e. The number of piperidine rings is 1. The highest BCUT2D eigenvalue weighted by atomic mass is 16.5. The normalized spacial score (nSPS) is 15.8. The Balaban J connectivity index is 2.09. The van der Waals surface area contributed by atoms with Gasteiger partial charge >= 0.3 is 5.97 Å². The van der Waals surface area contributed by atoms with Crippen LogP contribution in [0.3, 0.4) is 0 Å². The number of nitriles is 1. The lowest BCUT2D eigenvalue weighted by Gasteiger charge is -2.29. The summed E-state index contributed by atoms with van der Waals surface area (Å²) in [6.45, 7) is 5.25. The molecule has 0 radical (unpaired) electrons. The maximum atomic E-state index is 12.4. The third kappa shape index (κ3) is 3.71. The van der Waals surface area contributed by atoms with Crippen LogP contribution in [-0.2, 0) is 9.53 Å². The zero-order chi connectivity index (χ0) is 17.8. The van der Waals surface area contributed by atoms with Gasteiger partial charge in [0.15, 0.2) is 11.7 Å². The first kappa shape index (κ1) is 17.2. The van der Waals surface area contributed by atoms with E-state index in [9.17, 15) is 10.1 Å². The van der Waals surface area contributed by atoms with E-state index in [4.69, 9.17) is 9.72 Å². The summed E-state index contributed by atoms with van der Waals surface area (Å²) >= 11 is 0. The molecule has 1 fully saturated rings. The van der Waals surface area contributed by atoms with Crippen LogP contribution >= 0.6 is 0 Å². The molecule has 130 valence electrons. The van der Waals surface area contributed by atoms with Gasteiger partial charge in [-0.3, -0.25) is 4.79 Å². The second-order valence-electron chi connectivity index (χ2n) is 6.52. The van der Waals surface area contributed by atoms with Crippen molar-refractivity contribution in [1.82, 2.24) is 9.97 Å². The summed E-state index contributed by atoms with van der Waals surface area (Å²) in [7, 11) is 0. The monoisotopic (exact) mass is 338 g/mol. The Kier molecular flexibility index (Phi) is 5.13. The van der Waals surface area contributed by atoms with Gasteiger partial charge in [0.1, 0.15) is 5.69 Å². The summed E-state index contributed by atoms with van der Waals surface area (Å²) in [6.07, 6.45) is 3.04. The van der Waals surface area contributed by atoms with Gasteiger partial charge in [0.2, 0.25) is 0 Å². The number of esters is 1. The van der Waals surface area contributed by atoms with Gasteiger partial charge in [-0.2, -0.15) is 5.26 Å². The van der Waals surface area contributed by atoms with Crippen molar-refractivity contribution in [1.29, 1.82) is 5.26 Å². The van der Waals surface area contributed by atoms with Gasteiger partial charge in [-0.15, -0.1) is 0 Å². The van der Waals surface area contributed by atoms with Gasteiger partial charge in [0.05, 0.1) is 23.2 Å². The van der Waals surface area contributed by atoms with Crippen LogP contribution in [0.2, 0.25) is 0 Å². The zero-order valence-electron chi connectivity index (χ0n) is 14.6. The quantitative estimate of drug-likeness (QED) is 0.797. The zero-order valence-corrected chi connectivity index (χ0v) is 14.6. The number of carbonyl (C=O) groups is 1. The van der Waals surface area contributed by atoms with Gasteiger partial charge in [-0.05, 0) is 45.2 Å². The van der Waals surface area contributed by atoms with Crippen LogP contribution < -0.4 is 4.90 Å². The van der Waals surface area contributed by atoms with Crippen LogP contribution in [0.4, 0.5) is 5.82 Å². The lowest BCUT2D eigenvalue weighted by Crippen LogP contribution is -2.32. The van der Waals surface area contributed by atoms with Crippen LogP contribution in [0.5, 0.6) is 0 Å². The Bertz CT molecular complexity index is 807. The summed E-state index contributed by atoms with van der Waals surface area (Å²) in [4.78, 5) is 23.9. The maximum absolute atomic E-state index is 12.4. The molecule has 1 aliphatic rings. The fourth-order valence-corrected chi connectivity index (χ4v) is 3.06. The first-order valence-corrected chi connectivity index (χ1v) is 8.72. The molecule has 0 bridgehead atoms. The number of ether oxygens (including phenoxy) is 1. The second kappa shape index (κ2) is 7.47. The van der Waals surface area contributed by atoms with Crippen molar-refractivity contribution in [2.45, 2.75) is 45.1 Å². The summed E-state index contributed by atoms with van der Waals surface area (Å²) in [5, 5.41) is 9.62. The number of anilines is 1. The standard InChI is InChI=1S/C19H22N4O2/c1-13(2)25-19(24)14(12-20)17-18(23-10-6-3-7-11-23)22-16-9-5-4-8-15(16)21-17/h4-5,8-9,13-14H,3,6-7,10-11H2,1-2H3/t14-/m0/s1. The molecule has 1 aliphatic heterocycles. The van der Waals surface area contributed by atoms with Gasteiger partial charge in [0.25, 0.3) is 0 Å². The Morgan fingerprint density at radius 2 is 1.80 bits per heavy atom. The lowest BCUT2D eigenvalue weighted by molar-refractivity contribution is -0.147. The number of rotatable bonds is 4. The number of nitrogens with zero attached hydrogens (tertiary/aromatic N) is 4. The molecule has 1 atom stereocenters. The minimum Gasteiger partial charge on any atom is -0.462 e. The van der Waals surface area contributed by atoms with Crippen molar-refractivity contribution in [3.8, 4) is 6.07 Å². The number of carbonyl (C=O) groups excluding carboxylic acids is 1. The van der Waals surface area contributed by atoms with Crippen molar-refractivity contribution in [3.63, 3.8) is 0 Å². The topological polar surface area (TPSA) is 79.1 Å². The van der Waals surface area contributed by atoms with Crippen LogP contribution in [0.1, 0.15) is 44.7 Å². The summed E-state index contributed by atoms with van der Waals surface area (Å²) in [5.41, 5.74) is 1.84. The molecule has 1 aromatic carbocycles. The van der Waals surface area contributed by atoms with E-state index in [1.165, 1.54) is 6.42 Å². The molecule has 25 heavy (non-hydrogen) atoms. The van der Waals surface area contributed by atoms with Crippen LogP contribution in [0.25, 0.3) is 11.0 Å². The van der Waals surface area contributed by atoms with Crippen LogP contribution in [0.15, 0.2) is 24.3 Å². The number of fused-ring (bicyclic) bond motifs is 1. The highest BCUT2D eigenvalue weighted by Gasteiger charge is 2.30. The lowest BCUT2D eigenvalue weighted by atomic mass is 10.0. The average Bonchev–Trinajstić information content (AvgIpc) is 2.62. The summed E-state index contributed by atoms with van der Waals surface area (Å²) < 4.78 is 5.26. The van der Waals surface area contributed by atoms with Gasteiger partial charge < -0.3 is 9.64 Å². The molecule has 0 unspecified atom stereocenters. The number of aromatic nitrogens is 2.